The van der Waals surface area contributed by atoms with Crippen LogP contribution in [0.2, 0.25) is 0 Å². The first-order chi connectivity index (χ1) is 8.22. The molecule has 1 aromatic rings. The molecule has 1 unspecified atom stereocenters. The quantitative estimate of drug-likeness (QED) is 0.851. The van der Waals surface area contributed by atoms with Gasteiger partial charge >= 0.3 is 5.97 Å². The van der Waals surface area contributed by atoms with Crippen LogP contribution in [0.1, 0.15) is 19.3 Å². The number of benzene rings is 1. The Kier molecular flexibility index (Phi) is 2.24. The van der Waals surface area contributed by atoms with Crippen molar-refractivity contribution in [2.24, 2.45) is 5.41 Å². The van der Waals surface area contributed by atoms with E-state index in [9.17, 15) is 9.90 Å². The molecule has 4 nitrogen and oxygen atoms in total. The molecule has 0 saturated heterocycles. The van der Waals surface area contributed by atoms with E-state index in [1.54, 1.807) is 0 Å². The molecule has 2 aliphatic rings. The molecule has 4 heteroatoms. The van der Waals surface area contributed by atoms with Crippen molar-refractivity contribution in [1.82, 2.24) is 0 Å². The number of aliphatic carboxylic acids is 1. The van der Waals surface area contributed by atoms with Gasteiger partial charge in [0.15, 0.2) is 11.5 Å². The fourth-order valence-electron chi connectivity index (χ4n) is 2.52. The second-order valence-corrected chi connectivity index (χ2v) is 4.68. The van der Waals surface area contributed by atoms with Crippen molar-refractivity contribution in [2.45, 2.75) is 25.4 Å². The van der Waals surface area contributed by atoms with Gasteiger partial charge < -0.3 is 14.6 Å². The minimum Gasteiger partial charge on any atom is -0.486 e. The molecule has 1 atom stereocenters. The highest BCUT2D eigenvalue weighted by molar-refractivity contribution is 5.76. The topological polar surface area (TPSA) is 55.8 Å². The van der Waals surface area contributed by atoms with Crippen LogP contribution < -0.4 is 9.47 Å². The third-order valence-electron chi connectivity index (χ3n) is 3.80. The van der Waals surface area contributed by atoms with Gasteiger partial charge in [-0.05, 0) is 25.0 Å². The summed E-state index contributed by atoms with van der Waals surface area (Å²) >= 11 is 0. The number of hydrogen-bond acceptors (Lipinski definition) is 3. The lowest BCUT2D eigenvalue weighted by Gasteiger charge is -2.44. The number of carbonyl (C=O) groups is 1. The van der Waals surface area contributed by atoms with Crippen LogP contribution in [0, 0.1) is 5.41 Å². The molecule has 3 rings (SSSR count). The fraction of sp³-hybridized carbons (Fsp3) is 0.462. The zero-order valence-corrected chi connectivity index (χ0v) is 9.39. The number of ether oxygens (including phenoxy) is 2. The molecule has 0 aromatic heterocycles. The largest absolute Gasteiger partial charge is 0.486 e. The molecule has 1 heterocycles. The van der Waals surface area contributed by atoms with Gasteiger partial charge in [-0.1, -0.05) is 18.6 Å². The van der Waals surface area contributed by atoms with Crippen molar-refractivity contribution in [3.8, 4) is 11.5 Å². The van der Waals surface area contributed by atoms with Crippen LogP contribution >= 0.6 is 0 Å². The second kappa shape index (κ2) is 3.65. The Balaban J connectivity index is 1.86. The van der Waals surface area contributed by atoms with Crippen molar-refractivity contribution in [3.63, 3.8) is 0 Å². The van der Waals surface area contributed by atoms with E-state index in [0.717, 1.165) is 6.42 Å². The molecule has 1 fully saturated rings. The number of carboxylic acids is 1. The summed E-state index contributed by atoms with van der Waals surface area (Å²) in [5.41, 5.74) is -0.743. The van der Waals surface area contributed by atoms with Crippen molar-refractivity contribution in [3.05, 3.63) is 24.3 Å². The first kappa shape index (κ1) is 10.4. The Morgan fingerprint density at radius 3 is 2.59 bits per heavy atom. The van der Waals surface area contributed by atoms with Crippen LogP contribution in [0.15, 0.2) is 24.3 Å². The standard InChI is InChI=1S/C13H14O4/c14-12(15)13(6-3-7-13)11-8-16-9-4-1-2-5-10(9)17-11/h1-2,4-5,11H,3,6-8H2,(H,14,15). The molecule has 1 aliphatic carbocycles. The summed E-state index contributed by atoms with van der Waals surface area (Å²) in [6.07, 6.45) is 1.94. The Morgan fingerprint density at radius 2 is 2.00 bits per heavy atom. The van der Waals surface area contributed by atoms with Gasteiger partial charge in [-0.2, -0.15) is 0 Å². The van der Waals surface area contributed by atoms with E-state index >= 15 is 0 Å². The molecule has 0 amide bonds. The van der Waals surface area contributed by atoms with Crippen molar-refractivity contribution in [1.29, 1.82) is 0 Å². The Hall–Kier alpha value is -1.71. The average Bonchev–Trinajstić information content (AvgIpc) is 2.27. The fourth-order valence-corrected chi connectivity index (χ4v) is 2.52. The van der Waals surface area contributed by atoms with E-state index < -0.39 is 11.4 Å². The number of fused-ring (bicyclic) bond motifs is 1. The molecule has 0 radical (unpaired) electrons. The number of rotatable bonds is 2. The van der Waals surface area contributed by atoms with E-state index in [0.29, 0.717) is 30.9 Å². The van der Waals surface area contributed by atoms with E-state index in [-0.39, 0.29) is 6.10 Å². The summed E-state index contributed by atoms with van der Waals surface area (Å²) in [5.74, 6) is 0.580. The van der Waals surface area contributed by atoms with E-state index in [1.807, 2.05) is 24.3 Å². The zero-order valence-electron chi connectivity index (χ0n) is 9.39. The number of carboxylic acid groups (broad SMARTS) is 1. The van der Waals surface area contributed by atoms with Gasteiger partial charge in [-0.3, -0.25) is 4.79 Å². The predicted octanol–water partition coefficient (Wildman–Crippen LogP) is 2.08. The number of hydrogen-bond donors (Lipinski definition) is 1. The first-order valence-electron chi connectivity index (χ1n) is 5.84. The van der Waals surface area contributed by atoms with Gasteiger partial charge in [-0.15, -0.1) is 0 Å². The third-order valence-corrected chi connectivity index (χ3v) is 3.80. The highest BCUT2D eigenvalue weighted by atomic mass is 16.6. The first-order valence-corrected chi connectivity index (χ1v) is 5.84. The second-order valence-electron chi connectivity index (χ2n) is 4.68. The molecule has 1 saturated carbocycles. The summed E-state index contributed by atoms with van der Waals surface area (Å²) < 4.78 is 11.4. The van der Waals surface area contributed by atoms with Crippen molar-refractivity contribution < 1.29 is 19.4 Å². The summed E-state index contributed by atoms with van der Waals surface area (Å²) in [6, 6.07) is 7.38. The van der Waals surface area contributed by atoms with Gasteiger partial charge in [0.05, 0.1) is 0 Å². The lowest BCUT2D eigenvalue weighted by Crippen LogP contribution is -2.54. The summed E-state index contributed by atoms with van der Waals surface area (Å²) in [4.78, 5) is 11.4. The maximum atomic E-state index is 11.4. The Labute approximate surface area is 99.2 Å². The van der Waals surface area contributed by atoms with Gasteiger partial charge in [-0.25, -0.2) is 0 Å². The maximum Gasteiger partial charge on any atom is 0.313 e. The smallest absolute Gasteiger partial charge is 0.313 e. The molecule has 0 spiro atoms. The lowest BCUT2D eigenvalue weighted by molar-refractivity contribution is -0.167. The summed E-state index contributed by atoms with van der Waals surface area (Å²) in [7, 11) is 0. The van der Waals surface area contributed by atoms with Gasteiger partial charge in [0.2, 0.25) is 0 Å². The zero-order chi connectivity index (χ0) is 11.9. The molecule has 1 N–H and O–H groups in total. The molecule has 1 aliphatic heterocycles. The minimum absolute atomic E-state index is 0.323. The average molecular weight is 234 g/mol. The van der Waals surface area contributed by atoms with E-state index in [2.05, 4.69) is 0 Å². The molecular weight excluding hydrogens is 220 g/mol. The van der Waals surface area contributed by atoms with Crippen LogP contribution in [0.5, 0.6) is 11.5 Å². The highest BCUT2D eigenvalue weighted by Gasteiger charge is 2.53. The maximum absolute atomic E-state index is 11.4. The normalized spacial score (nSPS) is 24.8. The van der Waals surface area contributed by atoms with Crippen LogP contribution in [-0.4, -0.2) is 23.8 Å². The molecule has 90 valence electrons. The van der Waals surface area contributed by atoms with E-state index in [4.69, 9.17) is 9.47 Å². The monoisotopic (exact) mass is 234 g/mol. The Bertz CT molecular complexity index is 450. The Morgan fingerprint density at radius 1 is 1.29 bits per heavy atom. The van der Waals surface area contributed by atoms with Crippen LogP contribution in [0.25, 0.3) is 0 Å². The summed E-state index contributed by atoms with van der Waals surface area (Å²) in [6.45, 7) is 0.323. The summed E-state index contributed by atoms with van der Waals surface area (Å²) in [5, 5.41) is 9.35. The molecular formula is C13H14O4. The van der Waals surface area contributed by atoms with Crippen LogP contribution in [0.4, 0.5) is 0 Å². The van der Waals surface area contributed by atoms with E-state index in [1.165, 1.54) is 0 Å². The molecule has 1 aromatic carbocycles. The SMILES string of the molecule is O=C(O)C1(C2COc3ccccc3O2)CCC1. The third kappa shape index (κ3) is 1.47. The minimum atomic E-state index is -0.767. The predicted molar refractivity (Wildman–Crippen MR) is 60.3 cm³/mol. The molecule has 17 heavy (non-hydrogen) atoms. The highest BCUT2D eigenvalue weighted by Crippen LogP contribution is 2.48. The van der Waals surface area contributed by atoms with Gasteiger partial charge in [0.1, 0.15) is 18.1 Å². The molecule has 0 bridgehead atoms. The number of para-hydroxylation sites is 2. The van der Waals surface area contributed by atoms with Gasteiger partial charge in [0, 0.05) is 0 Å². The van der Waals surface area contributed by atoms with Crippen molar-refractivity contribution >= 4 is 5.97 Å². The van der Waals surface area contributed by atoms with Gasteiger partial charge in [0.25, 0.3) is 0 Å². The van der Waals surface area contributed by atoms with Crippen LogP contribution in [-0.2, 0) is 4.79 Å². The van der Waals surface area contributed by atoms with Crippen LogP contribution in [0.3, 0.4) is 0 Å². The lowest BCUT2D eigenvalue weighted by atomic mass is 9.65. The van der Waals surface area contributed by atoms with Crippen molar-refractivity contribution in [2.75, 3.05) is 6.61 Å².